The number of hydrogen-bond donors (Lipinski definition) is 1. The second-order valence-corrected chi connectivity index (χ2v) is 10.0. The lowest BCUT2D eigenvalue weighted by molar-refractivity contribution is 0.290. The molecule has 0 aliphatic rings. The maximum absolute atomic E-state index is 6.15. The fourth-order valence-corrected chi connectivity index (χ4v) is 4.99. The van der Waals surface area contributed by atoms with Crippen LogP contribution >= 0.6 is 11.9 Å². The van der Waals surface area contributed by atoms with Gasteiger partial charge in [0, 0.05) is 49.2 Å². The van der Waals surface area contributed by atoms with E-state index in [1.165, 1.54) is 22.4 Å². The van der Waals surface area contributed by atoms with Gasteiger partial charge in [-0.05, 0) is 66.1 Å². The van der Waals surface area contributed by atoms with E-state index in [2.05, 4.69) is 82.3 Å². The molecule has 0 saturated heterocycles. The van der Waals surface area contributed by atoms with E-state index in [0.29, 0.717) is 13.2 Å². The first kappa shape index (κ1) is 27.2. The fraction of sp³-hybridized carbons (Fsp3) is 0.182. The van der Waals surface area contributed by atoms with Crippen LogP contribution in [0, 0.1) is 6.92 Å². The van der Waals surface area contributed by atoms with Gasteiger partial charge in [-0.25, -0.2) is 0 Å². The molecule has 0 aliphatic carbocycles. The third-order valence-corrected chi connectivity index (χ3v) is 6.98. The summed E-state index contributed by atoms with van der Waals surface area (Å²) >= 11 is 1.61. The maximum atomic E-state index is 6.15. The summed E-state index contributed by atoms with van der Waals surface area (Å²) in [6.07, 6.45) is 5.74. The molecule has 0 bridgehead atoms. The van der Waals surface area contributed by atoms with Crippen LogP contribution in [0.15, 0.2) is 116 Å². The molecule has 0 amide bonds. The van der Waals surface area contributed by atoms with Gasteiger partial charge >= 0.3 is 0 Å². The van der Waals surface area contributed by atoms with Crippen molar-refractivity contribution in [3.63, 3.8) is 0 Å². The molecule has 7 heteroatoms. The molecule has 1 aromatic heterocycles. The van der Waals surface area contributed by atoms with Gasteiger partial charge in [-0.15, -0.1) is 0 Å². The number of benzene rings is 4. The Morgan fingerprint density at radius 3 is 2.30 bits per heavy atom. The monoisotopic (exact) mass is 550 g/mol. The fourth-order valence-electron chi connectivity index (χ4n) is 4.55. The minimum atomic E-state index is 0.537. The molecule has 0 fully saturated rings. The van der Waals surface area contributed by atoms with Gasteiger partial charge in [0.25, 0.3) is 0 Å². The van der Waals surface area contributed by atoms with Crippen molar-refractivity contribution in [1.29, 1.82) is 0 Å². The van der Waals surface area contributed by atoms with Crippen LogP contribution in [0.5, 0.6) is 17.2 Å². The number of anilines is 2. The predicted molar refractivity (Wildman–Crippen MR) is 165 cm³/mol. The molecule has 6 nitrogen and oxygen atoms in total. The normalized spacial score (nSPS) is 10.8. The van der Waals surface area contributed by atoms with Crippen LogP contribution in [0.1, 0.15) is 16.7 Å². The standard InChI is InChI=1S/C33H34N4O2S/c1-26-32(35-40-2)13-7-14-33(26)36(24-27-9-4-3-5-10-27)25-28-15-17-29(18-16-28)39-31-12-6-11-30(23-31)38-22-21-37-20-8-19-34-37/h3-20,23,35H,21-22,24-25H2,1-2H3. The molecule has 204 valence electrons. The molecule has 1 N–H and O–H groups in total. The molecule has 0 atom stereocenters. The van der Waals surface area contributed by atoms with Crippen molar-refractivity contribution in [3.8, 4) is 17.2 Å². The van der Waals surface area contributed by atoms with E-state index in [9.17, 15) is 0 Å². The van der Waals surface area contributed by atoms with Crippen molar-refractivity contribution < 1.29 is 9.47 Å². The van der Waals surface area contributed by atoms with Crippen LogP contribution in [0.3, 0.4) is 0 Å². The maximum Gasteiger partial charge on any atom is 0.131 e. The average Bonchev–Trinajstić information content (AvgIpc) is 3.50. The summed E-state index contributed by atoms with van der Waals surface area (Å²) in [6, 6.07) is 35.0. The molecule has 0 unspecified atom stereocenters. The average molecular weight is 551 g/mol. The van der Waals surface area contributed by atoms with E-state index < -0.39 is 0 Å². The van der Waals surface area contributed by atoms with E-state index in [1.807, 2.05) is 59.6 Å². The van der Waals surface area contributed by atoms with Crippen molar-refractivity contribution in [2.75, 3.05) is 22.5 Å². The van der Waals surface area contributed by atoms with Gasteiger partial charge in [0.05, 0.1) is 6.54 Å². The SMILES string of the molecule is CSNc1cccc(N(Cc2ccccc2)Cc2ccc(Oc3cccc(OCCn4cccn4)c3)cc2)c1C. The zero-order chi connectivity index (χ0) is 27.6. The Bertz CT molecular complexity index is 1470. The van der Waals surface area contributed by atoms with Crippen LogP contribution in [-0.2, 0) is 19.6 Å². The number of aromatic nitrogens is 2. The molecule has 0 radical (unpaired) electrons. The highest BCUT2D eigenvalue weighted by Gasteiger charge is 2.14. The lowest BCUT2D eigenvalue weighted by atomic mass is 10.1. The highest BCUT2D eigenvalue weighted by Crippen LogP contribution is 2.31. The third-order valence-electron chi connectivity index (χ3n) is 6.56. The van der Waals surface area contributed by atoms with Crippen LogP contribution in [-0.4, -0.2) is 22.6 Å². The van der Waals surface area contributed by atoms with Crippen molar-refractivity contribution in [2.24, 2.45) is 0 Å². The topological polar surface area (TPSA) is 51.6 Å². The van der Waals surface area contributed by atoms with E-state index in [-0.39, 0.29) is 0 Å². The number of nitrogens with zero attached hydrogens (tertiary/aromatic N) is 3. The van der Waals surface area contributed by atoms with E-state index >= 15 is 0 Å². The van der Waals surface area contributed by atoms with E-state index in [0.717, 1.165) is 36.0 Å². The molecule has 0 aliphatic heterocycles. The smallest absolute Gasteiger partial charge is 0.131 e. The summed E-state index contributed by atoms with van der Waals surface area (Å²) in [4.78, 5) is 2.43. The van der Waals surface area contributed by atoms with Gasteiger partial charge in [-0.2, -0.15) is 5.10 Å². The Hall–Kier alpha value is -4.36. The molecule has 5 aromatic rings. The number of ether oxygens (including phenoxy) is 2. The van der Waals surface area contributed by atoms with Gasteiger partial charge in [0.15, 0.2) is 0 Å². The minimum absolute atomic E-state index is 0.537. The summed E-state index contributed by atoms with van der Waals surface area (Å²) in [6.45, 7) is 5.00. The molecular weight excluding hydrogens is 516 g/mol. The Labute approximate surface area is 240 Å². The molecule has 5 rings (SSSR count). The van der Waals surface area contributed by atoms with Gasteiger partial charge < -0.3 is 19.1 Å². The summed E-state index contributed by atoms with van der Waals surface area (Å²) in [5.74, 6) is 2.30. The molecule has 40 heavy (non-hydrogen) atoms. The quantitative estimate of drug-likeness (QED) is 0.150. The van der Waals surface area contributed by atoms with Crippen LogP contribution in [0.4, 0.5) is 11.4 Å². The van der Waals surface area contributed by atoms with Crippen LogP contribution in [0.25, 0.3) is 0 Å². The predicted octanol–water partition coefficient (Wildman–Crippen LogP) is 7.96. The number of rotatable bonds is 13. The summed E-state index contributed by atoms with van der Waals surface area (Å²) < 4.78 is 17.3. The zero-order valence-electron chi connectivity index (χ0n) is 22.9. The van der Waals surface area contributed by atoms with Gasteiger partial charge in [0.2, 0.25) is 0 Å². The number of hydrogen-bond acceptors (Lipinski definition) is 6. The summed E-state index contributed by atoms with van der Waals surface area (Å²) in [5.41, 5.74) is 6.07. The minimum Gasteiger partial charge on any atom is -0.492 e. The lowest BCUT2D eigenvalue weighted by Gasteiger charge is -2.28. The second-order valence-electron chi connectivity index (χ2n) is 9.44. The molecule has 0 saturated carbocycles. The summed E-state index contributed by atoms with van der Waals surface area (Å²) in [5, 5.41) is 4.20. The summed E-state index contributed by atoms with van der Waals surface area (Å²) in [7, 11) is 0. The first-order valence-electron chi connectivity index (χ1n) is 13.3. The molecule has 4 aromatic carbocycles. The third kappa shape index (κ3) is 7.39. The number of nitrogens with one attached hydrogen (secondary N) is 1. The zero-order valence-corrected chi connectivity index (χ0v) is 23.7. The van der Waals surface area contributed by atoms with Crippen molar-refractivity contribution in [1.82, 2.24) is 9.78 Å². The van der Waals surface area contributed by atoms with E-state index in [1.54, 1.807) is 18.1 Å². The Morgan fingerprint density at radius 2 is 1.55 bits per heavy atom. The van der Waals surface area contributed by atoms with Crippen LogP contribution < -0.4 is 19.1 Å². The van der Waals surface area contributed by atoms with Gasteiger partial charge in [-0.3, -0.25) is 4.68 Å². The second kappa shape index (κ2) is 13.6. The molecule has 0 spiro atoms. The van der Waals surface area contributed by atoms with Crippen LogP contribution in [0.2, 0.25) is 0 Å². The van der Waals surface area contributed by atoms with Gasteiger partial charge in [0.1, 0.15) is 23.9 Å². The lowest BCUT2D eigenvalue weighted by Crippen LogP contribution is -2.23. The van der Waals surface area contributed by atoms with Crippen molar-refractivity contribution >= 4 is 23.3 Å². The van der Waals surface area contributed by atoms with Crippen molar-refractivity contribution in [2.45, 2.75) is 26.6 Å². The molecular formula is C33H34N4O2S. The van der Waals surface area contributed by atoms with Gasteiger partial charge in [-0.1, -0.05) is 66.5 Å². The largest absolute Gasteiger partial charge is 0.492 e. The van der Waals surface area contributed by atoms with E-state index in [4.69, 9.17) is 9.47 Å². The Kier molecular flexibility index (Phi) is 9.27. The Balaban J connectivity index is 1.26. The highest BCUT2D eigenvalue weighted by atomic mass is 32.2. The Morgan fingerprint density at radius 1 is 0.800 bits per heavy atom. The van der Waals surface area contributed by atoms with Crippen molar-refractivity contribution in [3.05, 3.63) is 132 Å². The highest BCUT2D eigenvalue weighted by molar-refractivity contribution is 7.99. The first-order chi connectivity index (χ1) is 19.7. The molecule has 1 heterocycles. The first-order valence-corrected chi connectivity index (χ1v) is 14.5.